The Balaban J connectivity index is 1.20. The molecule has 1 N–H and O–H groups in total. The van der Waals surface area contributed by atoms with Gasteiger partial charge in [0.25, 0.3) is 5.19 Å². The molecular formula is C24H29N5O2S2. The van der Waals surface area contributed by atoms with E-state index in [0.29, 0.717) is 5.19 Å². The highest BCUT2D eigenvalue weighted by atomic mass is 32.2. The van der Waals surface area contributed by atoms with E-state index in [1.165, 1.54) is 34.3 Å². The van der Waals surface area contributed by atoms with Gasteiger partial charge < -0.3 is 15.0 Å². The summed E-state index contributed by atoms with van der Waals surface area (Å²) in [5.74, 6) is 0.213. The fourth-order valence-electron chi connectivity index (χ4n) is 3.59. The van der Waals surface area contributed by atoms with Gasteiger partial charge in [-0.2, -0.15) is 0 Å². The number of carbonyl (C=O) groups is 1. The lowest BCUT2D eigenvalue weighted by Crippen LogP contribution is -2.45. The molecule has 0 bridgehead atoms. The van der Waals surface area contributed by atoms with Crippen LogP contribution in [0.5, 0.6) is 5.19 Å². The van der Waals surface area contributed by atoms with E-state index in [9.17, 15) is 4.79 Å². The molecule has 1 aliphatic rings. The van der Waals surface area contributed by atoms with Gasteiger partial charge in [0.1, 0.15) is 0 Å². The van der Waals surface area contributed by atoms with Crippen molar-refractivity contribution in [2.75, 3.05) is 42.1 Å². The minimum atomic E-state index is -0.0659. The third-order valence-corrected chi connectivity index (χ3v) is 7.14. The quantitative estimate of drug-likeness (QED) is 0.453. The second-order valence-electron chi connectivity index (χ2n) is 8.13. The molecule has 1 aliphatic heterocycles. The fourth-order valence-corrected chi connectivity index (χ4v) is 5.20. The van der Waals surface area contributed by atoms with Crippen LogP contribution < -0.4 is 15.0 Å². The van der Waals surface area contributed by atoms with Gasteiger partial charge >= 0.3 is 0 Å². The number of benzene rings is 2. The Kier molecular flexibility index (Phi) is 8.20. The summed E-state index contributed by atoms with van der Waals surface area (Å²) >= 11 is 2.72. The van der Waals surface area contributed by atoms with Crippen molar-refractivity contribution < 1.29 is 9.53 Å². The van der Waals surface area contributed by atoms with Gasteiger partial charge in [-0.1, -0.05) is 47.2 Å². The Morgan fingerprint density at radius 1 is 1.06 bits per heavy atom. The second kappa shape index (κ2) is 11.5. The van der Waals surface area contributed by atoms with Crippen LogP contribution in [0.25, 0.3) is 0 Å². The normalized spacial score (nSPS) is 14.5. The van der Waals surface area contributed by atoms with Crippen molar-refractivity contribution in [2.45, 2.75) is 30.8 Å². The highest BCUT2D eigenvalue weighted by molar-refractivity contribution is 8.01. The molecule has 0 spiro atoms. The van der Waals surface area contributed by atoms with Crippen molar-refractivity contribution >= 4 is 40.4 Å². The summed E-state index contributed by atoms with van der Waals surface area (Å²) in [7, 11) is 0. The first-order chi connectivity index (χ1) is 16.0. The highest BCUT2D eigenvalue weighted by Gasteiger charge is 2.17. The molecule has 1 fully saturated rings. The summed E-state index contributed by atoms with van der Waals surface area (Å²) in [6, 6.07) is 18.7. The maximum Gasteiger partial charge on any atom is 0.295 e. The molecule has 2 aromatic carbocycles. The van der Waals surface area contributed by atoms with E-state index in [4.69, 9.17) is 4.74 Å². The summed E-state index contributed by atoms with van der Waals surface area (Å²) in [6.07, 6.45) is 0.0558. The van der Waals surface area contributed by atoms with Gasteiger partial charge in [-0.15, -0.1) is 5.10 Å². The number of amides is 1. The molecule has 1 aromatic heterocycles. The molecule has 7 nitrogen and oxygen atoms in total. The zero-order valence-electron chi connectivity index (χ0n) is 18.9. The summed E-state index contributed by atoms with van der Waals surface area (Å²) in [6.45, 7) is 8.97. The van der Waals surface area contributed by atoms with Crippen LogP contribution in [-0.2, 0) is 11.3 Å². The predicted molar refractivity (Wildman–Crippen MR) is 135 cm³/mol. The van der Waals surface area contributed by atoms with E-state index < -0.39 is 0 Å². The number of nitrogens with one attached hydrogen (secondary N) is 1. The number of piperazine rings is 1. The predicted octanol–water partition coefficient (Wildman–Crippen LogP) is 4.38. The summed E-state index contributed by atoms with van der Waals surface area (Å²) in [5, 5.41) is 11.5. The minimum absolute atomic E-state index is 0.0558. The van der Waals surface area contributed by atoms with Crippen LogP contribution in [0, 0.1) is 0 Å². The molecule has 0 saturated carbocycles. The molecule has 2 heterocycles. The van der Waals surface area contributed by atoms with E-state index in [-0.39, 0.29) is 17.8 Å². The number of ether oxygens (including phenoxy) is 1. The van der Waals surface area contributed by atoms with Crippen LogP contribution in [0.15, 0.2) is 58.9 Å². The third kappa shape index (κ3) is 7.18. The molecular weight excluding hydrogens is 454 g/mol. The van der Waals surface area contributed by atoms with Crippen LogP contribution in [0.1, 0.15) is 19.4 Å². The number of anilines is 2. The Morgan fingerprint density at radius 3 is 2.48 bits per heavy atom. The lowest BCUT2D eigenvalue weighted by molar-refractivity contribution is -0.113. The lowest BCUT2D eigenvalue weighted by Gasteiger charge is -2.36. The number of rotatable bonds is 9. The maximum absolute atomic E-state index is 12.3. The lowest BCUT2D eigenvalue weighted by atomic mass is 10.2. The Hall–Kier alpha value is -2.62. The number of hydrogen-bond acceptors (Lipinski definition) is 8. The van der Waals surface area contributed by atoms with Crippen molar-refractivity contribution in [1.29, 1.82) is 0 Å². The van der Waals surface area contributed by atoms with Crippen molar-refractivity contribution in [3.05, 3.63) is 60.2 Å². The molecule has 1 saturated heterocycles. The van der Waals surface area contributed by atoms with Crippen molar-refractivity contribution in [3.8, 4) is 5.19 Å². The Morgan fingerprint density at radius 2 is 1.79 bits per heavy atom. The van der Waals surface area contributed by atoms with E-state index >= 15 is 0 Å². The number of aromatic nitrogens is 2. The Labute approximate surface area is 203 Å². The zero-order chi connectivity index (χ0) is 23.0. The molecule has 4 rings (SSSR count). The van der Waals surface area contributed by atoms with E-state index in [1.54, 1.807) is 0 Å². The standard InChI is InChI=1S/C24H29N5O2S2/c1-18(2)31-23-26-27-24(33-23)32-17-22(30)25-20-8-10-21(11-9-20)29-14-12-28(13-15-29)16-19-6-4-3-5-7-19/h3-11,18H,12-17H2,1-2H3,(H,25,30). The van der Waals surface area contributed by atoms with Gasteiger partial charge in [0.2, 0.25) is 5.91 Å². The second-order valence-corrected chi connectivity index (χ2v) is 10.3. The average Bonchev–Trinajstić information content (AvgIpc) is 3.26. The summed E-state index contributed by atoms with van der Waals surface area (Å²) in [5.41, 5.74) is 3.35. The van der Waals surface area contributed by atoms with Crippen molar-refractivity contribution in [2.24, 2.45) is 0 Å². The number of thioether (sulfide) groups is 1. The number of nitrogens with zero attached hydrogens (tertiary/aromatic N) is 4. The first kappa shape index (κ1) is 23.5. The van der Waals surface area contributed by atoms with Crippen LogP contribution in [-0.4, -0.2) is 59.0 Å². The van der Waals surface area contributed by atoms with Gasteiger partial charge in [-0.05, 0) is 55.0 Å². The van der Waals surface area contributed by atoms with Crippen LogP contribution in [0.2, 0.25) is 0 Å². The van der Waals surface area contributed by atoms with Gasteiger partial charge in [0.05, 0.1) is 11.9 Å². The fraction of sp³-hybridized carbons (Fsp3) is 0.375. The summed E-state index contributed by atoms with van der Waals surface area (Å²) < 4.78 is 6.24. The van der Waals surface area contributed by atoms with E-state index in [2.05, 4.69) is 67.8 Å². The monoisotopic (exact) mass is 483 g/mol. The minimum Gasteiger partial charge on any atom is -0.466 e. The first-order valence-corrected chi connectivity index (χ1v) is 12.9. The first-order valence-electron chi connectivity index (χ1n) is 11.1. The van der Waals surface area contributed by atoms with Crippen LogP contribution in [0.3, 0.4) is 0 Å². The molecule has 174 valence electrons. The van der Waals surface area contributed by atoms with E-state index in [0.717, 1.165) is 42.8 Å². The molecule has 33 heavy (non-hydrogen) atoms. The van der Waals surface area contributed by atoms with Crippen LogP contribution in [0.4, 0.5) is 11.4 Å². The number of carbonyl (C=O) groups excluding carboxylic acids is 1. The molecule has 0 unspecified atom stereocenters. The molecule has 3 aromatic rings. The highest BCUT2D eigenvalue weighted by Crippen LogP contribution is 2.28. The van der Waals surface area contributed by atoms with Gasteiger partial charge in [0, 0.05) is 44.1 Å². The molecule has 1 amide bonds. The van der Waals surface area contributed by atoms with Gasteiger partial charge in [0.15, 0.2) is 4.34 Å². The Bertz CT molecular complexity index is 1020. The smallest absolute Gasteiger partial charge is 0.295 e. The average molecular weight is 484 g/mol. The third-order valence-electron chi connectivity index (χ3n) is 5.19. The van der Waals surface area contributed by atoms with Crippen molar-refractivity contribution in [1.82, 2.24) is 15.1 Å². The van der Waals surface area contributed by atoms with E-state index in [1.807, 2.05) is 26.0 Å². The SMILES string of the molecule is CC(C)Oc1nnc(SCC(=O)Nc2ccc(N3CCN(Cc4ccccc4)CC3)cc2)s1. The molecule has 0 radical (unpaired) electrons. The van der Waals surface area contributed by atoms with Crippen LogP contribution >= 0.6 is 23.1 Å². The summed E-state index contributed by atoms with van der Waals surface area (Å²) in [4.78, 5) is 17.2. The zero-order valence-corrected chi connectivity index (χ0v) is 20.6. The van der Waals surface area contributed by atoms with Gasteiger partial charge in [-0.25, -0.2) is 0 Å². The maximum atomic E-state index is 12.3. The largest absolute Gasteiger partial charge is 0.466 e. The van der Waals surface area contributed by atoms with Gasteiger partial charge in [-0.3, -0.25) is 9.69 Å². The van der Waals surface area contributed by atoms with Crippen molar-refractivity contribution in [3.63, 3.8) is 0 Å². The number of hydrogen-bond donors (Lipinski definition) is 1. The topological polar surface area (TPSA) is 70.6 Å². The molecule has 0 atom stereocenters. The molecule has 0 aliphatic carbocycles. The molecule has 9 heteroatoms.